The summed E-state index contributed by atoms with van der Waals surface area (Å²) in [6, 6.07) is 11.2. The van der Waals surface area contributed by atoms with Crippen molar-refractivity contribution < 1.29 is 5.11 Å². The molecule has 128 valence electrons. The average molecular weight is 457 g/mol. The van der Waals surface area contributed by atoms with E-state index in [4.69, 9.17) is 23.2 Å². The molecule has 4 rings (SSSR count). The van der Waals surface area contributed by atoms with Gasteiger partial charge in [-0.15, -0.1) is 10.2 Å². The highest BCUT2D eigenvalue weighted by Crippen LogP contribution is 2.45. The number of halogens is 3. The minimum absolute atomic E-state index is 0.132. The van der Waals surface area contributed by atoms with E-state index >= 15 is 0 Å². The average Bonchev–Trinajstić information content (AvgIpc) is 2.77. The van der Waals surface area contributed by atoms with Gasteiger partial charge >= 0.3 is 0 Å². The molecule has 2 heterocycles. The van der Waals surface area contributed by atoms with Crippen molar-refractivity contribution in [2.75, 3.05) is 11.5 Å². The highest BCUT2D eigenvalue weighted by molar-refractivity contribution is 9.10. The van der Waals surface area contributed by atoms with Crippen LogP contribution in [0.15, 0.2) is 51.1 Å². The summed E-state index contributed by atoms with van der Waals surface area (Å²) in [6.45, 7) is 0. The zero-order valence-electron chi connectivity index (χ0n) is 12.8. The Kier molecular flexibility index (Phi) is 4.71. The molecule has 1 aliphatic heterocycles. The highest BCUT2D eigenvalue weighted by atomic mass is 79.9. The van der Waals surface area contributed by atoms with Gasteiger partial charge in [0.1, 0.15) is 5.69 Å². The maximum atomic E-state index is 10.8. The summed E-state index contributed by atoms with van der Waals surface area (Å²) < 4.78 is 2.86. The first-order valence-electron chi connectivity index (χ1n) is 7.51. The minimum Gasteiger partial charge on any atom is -0.493 e. The molecule has 2 aromatic carbocycles. The zero-order chi connectivity index (χ0) is 17.6. The summed E-state index contributed by atoms with van der Waals surface area (Å²) in [5.74, 6) is 2.09. The molecule has 8 heteroatoms. The van der Waals surface area contributed by atoms with Gasteiger partial charge in [0.25, 0.3) is 0 Å². The van der Waals surface area contributed by atoms with E-state index in [1.165, 1.54) is 0 Å². The van der Waals surface area contributed by atoms with Gasteiger partial charge in [0.15, 0.2) is 5.69 Å². The van der Waals surface area contributed by atoms with Crippen molar-refractivity contribution in [3.63, 3.8) is 0 Å². The first-order valence-corrected chi connectivity index (χ1v) is 10.2. The van der Waals surface area contributed by atoms with E-state index < -0.39 is 0 Å². The van der Waals surface area contributed by atoms with E-state index in [1.807, 2.05) is 34.5 Å². The third-order valence-corrected chi connectivity index (χ3v) is 6.34. The molecule has 0 radical (unpaired) electrons. The van der Waals surface area contributed by atoms with Gasteiger partial charge in [-0.2, -0.15) is 11.8 Å². The molecule has 0 unspecified atom stereocenters. The van der Waals surface area contributed by atoms with E-state index in [9.17, 15) is 5.11 Å². The fourth-order valence-electron chi connectivity index (χ4n) is 2.76. The SMILES string of the molecule is Oc1c(N=Nc2ccc(Cl)cc2Cl)c2cc(Br)ccc2n1C1CSC1. The van der Waals surface area contributed by atoms with E-state index in [2.05, 4.69) is 26.2 Å². The van der Waals surface area contributed by atoms with Crippen LogP contribution in [0, 0.1) is 0 Å². The molecule has 1 aromatic heterocycles. The van der Waals surface area contributed by atoms with Crippen LogP contribution < -0.4 is 0 Å². The van der Waals surface area contributed by atoms with Crippen LogP contribution in [0.3, 0.4) is 0 Å². The lowest BCUT2D eigenvalue weighted by molar-refractivity contribution is 0.406. The van der Waals surface area contributed by atoms with Gasteiger partial charge in [-0.3, -0.25) is 0 Å². The van der Waals surface area contributed by atoms with E-state index in [0.29, 0.717) is 21.4 Å². The normalized spacial score (nSPS) is 15.2. The van der Waals surface area contributed by atoms with Crippen molar-refractivity contribution in [3.8, 4) is 5.88 Å². The fraction of sp³-hybridized carbons (Fsp3) is 0.176. The standard InChI is InChI=1S/C17H12BrCl2N3OS/c18-9-1-4-15-12(5-9)16(17(24)23(15)11-7-25-8-11)22-21-14-3-2-10(19)6-13(14)20/h1-6,11,24H,7-8H2. The second-order valence-electron chi connectivity index (χ2n) is 5.69. The van der Waals surface area contributed by atoms with Gasteiger partial charge in [0, 0.05) is 26.4 Å². The Labute approximate surface area is 167 Å². The summed E-state index contributed by atoms with van der Waals surface area (Å²) in [7, 11) is 0. The van der Waals surface area contributed by atoms with Gasteiger partial charge in [-0.05, 0) is 36.4 Å². The molecule has 1 fully saturated rings. The predicted octanol–water partition coefficient (Wildman–Crippen LogP) is 7.12. The molecule has 1 N–H and O–H groups in total. The molecule has 0 atom stereocenters. The van der Waals surface area contributed by atoms with Crippen molar-refractivity contribution in [1.82, 2.24) is 4.57 Å². The molecule has 0 spiro atoms. The van der Waals surface area contributed by atoms with Crippen LogP contribution in [0.1, 0.15) is 6.04 Å². The number of benzene rings is 2. The molecule has 1 saturated heterocycles. The number of hydrogen-bond acceptors (Lipinski definition) is 4. The Balaban J connectivity index is 1.84. The van der Waals surface area contributed by atoms with Crippen LogP contribution in [-0.2, 0) is 0 Å². The van der Waals surface area contributed by atoms with Crippen LogP contribution in [-0.4, -0.2) is 21.2 Å². The number of rotatable bonds is 3. The number of fused-ring (bicyclic) bond motifs is 1. The van der Waals surface area contributed by atoms with E-state index in [1.54, 1.807) is 18.2 Å². The van der Waals surface area contributed by atoms with Crippen molar-refractivity contribution in [2.45, 2.75) is 6.04 Å². The largest absolute Gasteiger partial charge is 0.493 e. The number of aromatic hydroxyl groups is 1. The third-order valence-electron chi connectivity index (χ3n) is 4.07. The molecular weight excluding hydrogens is 445 g/mol. The number of nitrogens with zero attached hydrogens (tertiary/aromatic N) is 3. The number of thioether (sulfide) groups is 1. The van der Waals surface area contributed by atoms with Gasteiger partial charge in [0.2, 0.25) is 5.88 Å². The van der Waals surface area contributed by atoms with Crippen molar-refractivity contribution in [3.05, 3.63) is 50.9 Å². The van der Waals surface area contributed by atoms with Crippen molar-refractivity contribution >= 4 is 73.2 Å². The van der Waals surface area contributed by atoms with Crippen LogP contribution in [0.25, 0.3) is 10.9 Å². The first kappa shape index (κ1) is 17.2. The first-order chi connectivity index (χ1) is 12.0. The lowest BCUT2D eigenvalue weighted by Crippen LogP contribution is -2.22. The fourth-order valence-corrected chi connectivity index (χ4v) is 4.32. The Morgan fingerprint density at radius 3 is 2.60 bits per heavy atom. The van der Waals surface area contributed by atoms with Gasteiger partial charge in [-0.1, -0.05) is 39.1 Å². The molecule has 3 aromatic rings. The summed E-state index contributed by atoms with van der Waals surface area (Å²) in [4.78, 5) is 0. The topological polar surface area (TPSA) is 49.9 Å². The Bertz CT molecular complexity index is 1000. The number of hydrogen-bond donors (Lipinski definition) is 1. The van der Waals surface area contributed by atoms with Crippen LogP contribution in [0.4, 0.5) is 11.4 Å². The number of azo groups is 1. The molecule has 4 nitrogen and oxygen atoms in total. The lowest BCUT2D eigenvalue weighted by Gasteiger charge is -2.27. The molecule has 0 saturated carbocycles. The third kappa shape index (κ3) is 3.16. The molecule has 0 amide bonds. The van der Waals surface area contributed by atoms with Crippen LogP contribution >= 0.6 is 50.9 Å². The molecule has 0 aliphatic carbocycles. The predicted molar refractivity (Wildman–Crippen MR) is 108 cm³/mol. The van der Waals surface area contributed by atoms with Crippen molar-refractivity contribution in [2.24, 2.45) is 10.2 Å². The molecule has 1 aliphatic rings. The van der Waals surface area contributed by atoms with Gasteiger partial charge in [-0.25, -0.2) is 0 Å². The van der Waals surface area contributed by atoms with Crippen LogP contribution in [0.5, 0.6) is 5.88 Å². The maximum absolute atomic E-state index is 10.8. The van der Waals surface area contributed by atoms with Crippen molar-refractivity contribution in [1.29, 1.82) is 0 Å². The molecule has 25 heavy (non-hydrogen) atoms. The number of aromatic nitrogens is 1. The Morgan fingerprint density at radius 1 is 1.12 bits per heavy atom. The molecule has 0 bridgehead atoms. The molecular formula is C17H12BrCl2N3OS. The second kappa shape index (κ2) is 6.83. The highest BCUT2D eigenvalue weighted by Gasteiger charge is 2.27. The van der Waals surface area contributed by atoms with Gasteiger partial charge in [0.05, 0.1) is 16.6 Å². The summed E-state index contributed by atoms with van der Waals surface area (Å²) in [5.41, 5.74) is 1.89. The summed E-state index contributed by atoms with van der Waals surface area (Å²) in [6.07, 6.45) is 0. The monoisotopic (exact) mass is 455 g/mol. The zero-order valence-corrected chi connectivity index (χ0v) is 16.7. The van der Waals surface area contributed by atoms with Gasteiger partial charge < -0.3 is 9.67 Å². The van der Waals surface area contributed by atoms with Crippen LogP contribution in [0.2, 0.25) is 10.0 Å². The smallest absolute Gasteiger partial charge is 0.221 e. The second-order valence-corrected chi connectivity index (χ2v) is 8.52. The Hall–Kier alpha value is -1.21. The maximum Gasteiger partial charge on any atom is 0.221 e. The Morgan fingerprint density at radius 2 is 1.92 bits per heavy atom. The quantitative estimate of drug-likeness (QED) is 0.426. The lowest BCUT2D eigenvalue weighted by atomic mass is 10.2. The van der Waals surface area contributed by atoms with E-state index in [0.717, 1.165) is 26.9 Å². The summed E-state index contributed by atoms with van der Waals surface area (Å²) in [5, 5.41) is 21.1. The van der Waals surface area contributed by atoms with E-state index in [-0.39, 0.29) is 11.9 Å². The minimum atomic E-state index is 0.132. The summed E-state index contributed by atoms with van der Waals surface area (Å²) >= 11 is 17.4.